The maximum atomic E-state index is 11.1. The normalized spacial score (nSPS) is 10.2. The molecule has 3 nitrogen and oxygen atoms in total. The van der Waals surface area contributed by atoms with Crippen LogP contribution in [0, 0.1) is 6.92 Å². The van der Waals surface area contributed by atoms with Gasteiger partial charge in [-0.05, 0) is 36.2 Å². The number of aryl methyl sites for hydroxylation is 1. The van der Waals surface area contributed by atoms with Gasteiger partial charge in [0.1, 0.15) is 17.9 Å². The van der Waals surface area contributed by atoms with Crippen molar-refractivity contribution in [2.45, 2.75) is 13.5 Å². The number of hydrogen-bond donors (Lipinski definition) is 1. The lowest BCUT2D eigenvalue weighted by Gasteiger charge is -2.12. The van der Waals surface area contributed by atoms with Crippen LogP contribution in [0.15, 0.2) is 42.5 Å². The lowest BCUT2D eigenvalue weighted by molar-refractivity contribution is 0.0691. The van der Waals surface area contributed by atoms with E-state index in [1.165, 1.54) is 6.07 Å². The topological polar surface area (TPSA) is 46.5 Å². The standard InChI is InChI=1S/C15H13ClO3/c1-10-3-2-4-13(15(17)18)14(10)19-9-11-5-7-12(16)8-6-11/h2-8H,9H2,1H3,(H,17,18). The molecule has 2 aromatic rings. The molecular formula is C15H13ClO3. The highest BCUT2D eigenvalue weighted by Crippen LogP contribution is 2.24. The van der Waals surface area contributed by atoms with Crippen molar-refractivity contribution < 1.29 is 14.6 Å². The minimum Gasteiger partial charge on any atom is -0.488 e. The predicted molar refractivity (Wildman–Crippen MR) is 73.9 cm³/mol. The number of ether oxygens (including phenoxy) is 1. The number of rotatable bonds is 4. The van der Waals surface area contributed by atoms with Crippen molar-refractivity contribution in [3.63, 3.8) is 0 Å². The zero-order valence-corrected chi connectivity index (χ0v) is 11.1. The van der Waals surface area contributed by atoms with Gasteiger partial charge in [-0.15, -0.1) is 0 Å². The number of carbonyl (C=O) groups is 1. The fourth-order valence-electron chi connectivity index (χ4n) is 1.75. The minimum absolute atomic E-state index is 0.175. The summed E-state index contributed by atoms with van der Waals surface area (Å²) in [4.78, 5) is 11.1. The van der Waals surface area contributed by atoms with Crippen LogP contribution in [0.3, 0.4) is 0 Å². The number of halogens is 1. The zero-order valence-electron chi connectivity index (χ0n) is 10.4. The van der Waals surface area contributed by atoms with Gasteiger partial charge in [0.2, 0.25) is 0 Å². The third-order valence-corrected chi connectivity index (χ3v) is 2.99. The molecule has 0 fully saturated rings. The van der Waals surface area contributed by atoms with E-state index in [0.717, 1.165) is 11.1 Å². The Balaban J connectivity index is 2.19. The molecule has 0 bridgehead atoms. The quantitative estimate of drug-likeness (QED) is 0.920. The monoisotopic (exact) mass is 276 g/mol. The summed E-state index contributed by atoms with van der Waals surface area (Å²) in [6.07, 6.45) is 0. The molecule has 0 unspecified atom stereocenters. The molecule has 0 atom stereocenters. The summed E-state index contributed by atoms with van der Waals surface area (Å²) >= 11 is 5.80. The molecule has 19 heavy (non-hydrogen) atoms. The summed E-state index contributed by atoms with van der Waals surface area (Å²) < 4.78 is 5.63. The van der Waals surface area contributed by atoms with Crippen molar-refractivity contribution >= 4 is 17.6 Å². The Hall–Kier alpha value is -2.00. The maximum absolute atomic E-state index is 11.1. The molecule has 98 valence electrons. The number of carboxylic acids is 1. The Morgan fingerprint density at radius 2 is 1.89 bits per heavy atom. The Morgan fingerprint density at radius 1 is 1.21 bits per heavy atom. The fourth-order valence-corrected chi connectivity index (χ4v) is 1.87. The van der Waals surface area contributed by atoms with Gasteiger partial charge in [-0.2, -0.15) is 0 Å². The molecule has 0 heterocycles. The molecule has 0 radical (unpaired) electrons. The van der Waals surface area contributed by atoms with Crippen molar-refractivity contribution in [1.29, 1.82) is 0 Å². The van der Waals surface area contributed by atoms with Gasteiger partial charge in [0, 0.05) is 5.02 Å². The SMILES string of the molecule is Cc1cccc(C(=O)O)c1OCc1ccc(Cl)cc1. The molecule has 0 aliphatic carbocycles. The van der Waals surface area contributed by atoms with Crippen molar-refractivity contribution in [3.8, 4) is 5.75 Å². The largest absolute Gasteiger partial charge is 0.488 e. The van der Waals surface area contributed by atoms with Crippen LogP contribution in [-0.2, 0) is 6.61 Å². The summed E-state index contributed by atoms with van der Waals surface area (Å²) in [5.41, 5.74) is 1.91. The van der Waals surface area contributed by atoms with Gasteiger partial charge in [0.05, 0.1) is 0 Å². The van der Waals surface area contributed by atoms with Gasteiger partial charge >= 0.3 is 5.97 Å². The van der Waals surface area contributed by atoms with Crippen molar-refractivity contribution in [2.75, 3.05) is 0 Å². The molecule has 0 saturated carbocycles. The Labute approximate surface area is 116 Å². The molecule has 0 saturated heterocycles. The van der Waals surface area contributed by atoms with Crippen LogP contribution in [0.1, 0.15) is 21.5 Å². The van der Waals surface area contributed by atoms with Crippen LogP contribution in [0.25, 0.3) is 0 Å². The van der Waals surface area contributed by atoms with Crippen LogP contribution < -0.4 is 4.74 Å². The summed E-state index contributed by atoms with van der Waals surface area (Å²) in [6.45, 7) is 2.13. The first-order valence-electron chi connectivity index (χ1n) is 5.78. The van der Waals surface area contributed by atoms with E-state index in [1.54, 1.807) is 18.2 Å². The highest BCUT2D eigenvalue weighted by Gasteiger charge is 2.13. The van der Waals surface area contributed by atoms with E-state index in [2.05, 4.69) is 0 Å². The summed E-state index contributed by atoms with van der Waals surface area (Å²) in [6, 6.07) is 12.3. The average Bonchev–Trinajstić information content (AvgIpc) is 2.39. The van der Waals surface area contributed by atoms with Gasteiger partial charge in [-0.1, -0.05) is 35.9 Å². The number of hydrogen-bond acceptors (Lipinski definition) is 2. The number of para-hydroxylation sites is 1. The van der Waals surface area contributed by atoms with Crippen molar-refractivity contribution in [2.24, 2.45) is 0 Å². The molecule has 4 heteroatoms. The second-order valence-corrected chi connectivity index (χ2v) is 4.61. The smallest absolute Gasteiger partial charge is 0.339 e. The highest BCUT2D eigenvalue weighted by atomic mass is 35.5. The summed E-state index contributed by atoms with van der Waals surface area (Å²) in [7, 11) is 0. The molecule has 0 amide bonds. The number of carboxylic acid groups (broad SMARTS) is 1. The van der Waals surface area contributed by atoms with Gasteiger partial charge in [-0.25, -0.2) is 4.79 Å². The molecular weight excluding hydrogens is 264 g/mol. The molecule has 0 aliphatic heterocycles. The molecule has 1 N–H and O–H groups in total. The van der Waals surface area contributed by atoms with E-state index in [-0.39, 0.29) is 5.56 Å². The molecule has 2 rings (SSSR count). The zero-order chi connectivity index (χ0) is 13.8. The molecule has 2 aromatic carbocycles. The highest BCUT2D eigenvalue weighted by molar-refractivity contribution is 6.30. The first-order valence-corrected chi connectivity index (χ1v) is 6.16. The lowest BCUT2D eigenvalue weighted by atomic mass is 10.1. The third kappa shape index (κ3) is 3.26. The number of benzene rings is 2. The minimum atomic E-state index is -0.991. The molecule has 0 spiro atoms. The van der Waals surface area contributed by atoms with Crippen LogP contribution >= 0.6 is 11.6 Å². The Morgan fingerprint density at radius 3 is 2.53 bits per heavy atom. The first-order chi connectivity index (χ1) is 9.08. The van der Waals surface area contributed by atoms with Gasteiger partial charge < -0.3 is 9.84 Å². The van der Waals surface area contributed by atoms with E-state index in [0.29, 0.717) is 17.4 Å². The Bertz CT molecular complexity index is 591. The average molecular weight is 277 g/mol. The van der Waals surface area contributed by atoms with E-state index in [4.69, 9.17) is 21.4 Å². The lowest BCUT2D eigenvalue weighted by Crippen LogP contribution is -2.04. The molecule has 0 aliphatic rings. The fraction of sp³-hybridized carbons (Fsp3) is 0.133. The summed E-state index contributed by atoms with van der Waals surface area (Å²) in [5, 5.41) is 9.78. The van der Waals surface area contributed by atoms with Gasteiger partial charge in [-0.3, -0.25) is 0 Å². The van der Waals surface area contributed by atoms with Crippen LogP contribution in [0.5, 0.6) is 5.75 Å². The Kier molecular flexibility index (Phi) is 4.07. The maximum Gasteiger partial charge on any atom is 0.339 e. The van der Waals surface area contributed by atoms with Crippen LogP contribution in [-0.4, -0.2) is 11.1 Å². The predicted octanol–water partition coefficient (Wildman–Crippen LogP) is 3.93. The van der Waals surface area contributed by atoms with Crippen LogP contribution in [0.2, 0.25) is 5.02 Å². The van der Waals surface area contributed by atoms with Crippen molar-refractivity contribution in [1.82, 2.24) is 0 Å². The van der Waals surface area contributed by atoms with Gasteiger partial charge in [0.15, 0.2) is 0 Å². The summed E-state index contributed by atoms with van der Waals surface area (Å²) in [5.74, 6) is -0.584. The van der Waals surface area contributed by atoms with Crippen LogP contribution in [0.4, 0.5) is 0 Å². The third-order valence-electron chi connectivity index (χ3n) is 2.74. The van der Waals surface area contributed by atoms with E-state index in [9.17, 15) is 4.79 Å². The van der Waals surface area contributed by atoms with E-state index < -0.39 is 5.97 Å². The van der Waals surface area contributed by atoms with Crippen molar-refractivity contribution in [3.05, 3.63) is 64.2 Å². The second-order valence-electron chi connectivity index (χ2n) is 4.17. The van der Waals surface area contributed by atoms with E-state index in [1.807, 2.05) is 25.1 Å². The molecule has 0 aromatic heterocycles. The van der Waals surface area contributed by atoms with E-state index >= 15 is 0 Å². The first kappa shape index (κ1) is 13.4. The second kappa shape index (κ2) is 5.76. The van der Waals surface area contributed by atoms with Gasteiger partial charge in [0.25, 0.3) is 0 Å². The number of aromatic carboxylic acids is 1.